The Morgan fingerprint density at radius 2 is 2.18 bits per heavy atom. The Morgan fingerprint density at radius 1 is 1.44 bits per heavy atom. The van der Waals surface area contributed by atoms with Gasteiger partial charge in [0.1, 0.15) is 6.04 Å². The first-order chi connectivity index (χ1) is 16.3. The lowest BCUT2D eigenvalue weighted by Gasteiger charge is -2.38. The van der Waals surface area contributed by atoms with Crippen LogP contribution in [0, 0.1) is 11.8 Å². The van der Waals surface area contributed by atoms with Crippen LogP contribution in [0.15, 0.2) is 36.9 Å². The van der Waals surface area contributed by atoms with Crippen LogP contribution in [-0.4, -0.2) is 75.0 Å². The Balaban J connectivity index is 1.80. The van der Waals surface area contributed by atoms with Gasteiger partial charge < -0.3 is 19.6 Å². The molecule has 2 amide bonds. The number of rotatable bonds is 9. The van der Waals surface area contributed by atoms with Crippen molar-refractivity contribution in [2.75, 3.05) is 31.2 Å². The number of alkyl halides is 1. The maximum absolute atomic E-state index is 14.3. The molecule has 34 heavy (non-hydrogen) atoms. The molecule has 1 N–H and O–H groups in total. The summed E-state index contributed by atoms with van der Waals surface area (Å²) >= 11 is 11.7. The Labute approximate surface area is 216 Å². The van der Waals surface area contributed by atoms with E-state index < -0.39 is 28.6 Å². The first-order valence-corrected chi connectivity index (χ1v) is 13.6. The second kappa shape index (κ2) is 10.2. The fourth-order valence-corrected chi connectivity index (χ4v) is 9.49. The van der Waals surface area contributed by atoms with Crippen molar-refractivity contribution < 1.29 is 24.2 Å². The molecule has 184 valence electrons. The van der Waals surface area contributed by atoms with E-state index in [1.165, 1.54) is 0 Å². The smallest absolute Gasteiger partial charge is 0.310 e. The highest BCUT2D eigenvalue weighted by molar-refractivity contribution is 9.09. The van der Waals surface area contributed by atoms with Gasteiger partial charge in [-0.05, 0) is 31.9 Å². The summed E-state index contributed by atoms with van der Waals surface area (Å²) in [5.41, 5.74) is 0.540. The molecular weight excluding hydrogens is 544 g/mol. The summed E-state index contributed by atoms with van der Waals surface area (Å²) in [7, 11) is 0. The summed E-state index contributed by atoms with van der Waals surface area (Å²) in [6.07, 6.45) is 2.53. The molecule has 0 aromatic heterocycles. The van der Waals surface area contributed by atoms with Gasteiger partial charge in [0.2, 0.25) is 5.91 Å². The molecule has 10 heteroatoms. The number of thioether (sulfide) groups is 1. The van der Waals surface area contributed by atoms with E-state index in [0.717, 1.165) is 0 Å². The number of fused-ring (bicyclic) bond motifs is 1. The van der Waals surface area contributed by atoms with Crippen LogP contribution in [0.5, 0.6) is 0 Å². The van der Waals surface area contributed by atoms with Crippen LogP contribution in [-0.2, 0) is 19.1 Å². The van der Waals surface area contributed by atoms with Gasteiger partial charge in [-0.1, -0.05) is 45.7 Å². The van der Waals surface area contributed by atoms with Crippen LogP contribution in [0.3, 0.4) is 0 Å². The van der Waals surface area contributed by atoms with Gasteiger partial charge in [0.15, 0.2) is 0 Å². The molecule has 0 aliphatic carbocycles. The molecular formula is C24H28BrClN2O5S. The molecule has 1 aromatic rings. The molecule has 3 unspecified atom stereocenters. The van der Waals surface area contributed by atoms with Crippen molar-refractivity contribution in [1.82, 2.24) is 4.90 Å². The monoisotopic (exact) mass is 570 g/mol. The first-order valence-electron chi connectivity index (χ1n) is 11.4. The molecule has 3 saturated heterocycles. The predicted molar refractivity (Wildman–Crippen MR) is 136 cm³/mol. The number of aliphatic hydroxyl groups excluding tert-OH is 1. The number of halogens is 2. The normalized spacial score (nSPS) is 31.5. The zero-order valence-corrected chi connectivity index (χ0v) is 22.0. The number of para-hydroxylation sites is 1. The minimum absolute atomic E-state index is 0.0304. The van der Waals surface area contributed by atoms with E-state index in [0.29, 0.717) is 23.6 Å². The number of hydrogen-bond donors (Lipinski definition) is 1. The van der Waals surface area contributed by atoms with Gasteiger partial charge in [-0.15, -0.1) is 18.3 Å². The average molecular weight is 572 g/mol. The molecule has 3 aliphatic rings. The van der Waals surface area contributed by atoms with Gasteiger partial charge in [0.25, 0.3) is 5.91 Å². The highest BCUT2D eigenvalue weighted by Gasteiger charge is 2.76. The van der Waals surface area contributed by atoms with E-state index >= 15 is 0 Å². The van der Waals surface area contributed by atoms with Gasteiger partial charge in [0, 0.05) is 29.8 Å². The first kappa shape index (κ1) is 25.5. The highest BCUT2D eigenvalue weighted by atomic mass is 79.9. The number of ether oxygens (including phenoxy) is 1. The number of likely N-dealkylation sites (tertiary alicyclic amines) is 1. The largest absolute Gasteiger partial charge is 0.466 e. The van der Waals surface area contributed by atoms with Gasteiger partial charge in [-0.2, -0.15) is 0 Å². The second-order valence-corrected chi connectivity index (χ2v) is 11.8. The number of carbonyl (C=O) groups excluding carboxylic acids is 3. The number of carbonyl (C=O) groups is 3. The molecule has 3 heterocycles. The molecule has 3 fully saturated rings. The molecule has 7 nitrogen and oxygen atoms in total. The summed E-state index contributed by atoms with van der Waals surface area (Å²) in [6.45, 7) is 6.10. The van der Waals surface area contributed by atoms with Crippen molar-refractivity contribution in [3.8, 4) is 0 Å². The maximum atomic E-state index is 14.3. The van der Waals surface area contributed by atoms with Gasteiger partial charge >= 0.3 is 5.97 Å². The van der Waals surface area contributed by atoms with Crippen molar-refractivity contribution in [3.63, 3.8) is 0 Å². The maximum Gasteiger partial charge on any atom is 0.310 e. The minimum Gasteiger partial charge on any atom is -0.466 e. The van der Waals surface area contributed by atoms with E-state index in [4.69, 9.17) is 16.3 Å². The molecule has 1 spiro atoms. The number of amides is 2. The summed E-state index contributed by atoms with van der Waals surface area (Å²) in [5, 5.41) is 9.74. The van der Waals surface area contributed by atoms with Crippen LogP contribution >= 0.6 is 39.3 Å². The van der Waals surface area contributed by atoms with Crippen LogP contribution in [0.1, 0.15) is 19.8 Å². The lowest BCUT2D eigenvalue weighted by Crippen LogP contribution is -2.55. The zero-order chi connectivity index (χ0) is 24.6. The van der Waals surface area contributed by atoms with Crippen LogP contribution < -0.4 is 4.90 Å². The average Bonchev–Trinajstić information content (AvgIpc) is 3.40. The number of benzene rings is 1. The SMILES string of the molecule is C=CCN(C(=O)C1N(CCCO)C(=O)[C@@H]2[C@H](C(=O)OCC)[C@H]3SC12CC3Br)c1ccccc1Cl. The lowest BCUT2D eigenvalue weighted by atomic mass is 9.71. The van der Waals surface area contributed by atoms with Gasteiger partial charge in [-0.25, -0.2) is 0 Å². The number of aliphatic hydroxyl groups is 1. The van der Waals surface area contributed by atoms with E-state index in [1.54, 1.807) is 58.8 Å². The molecule has 4 rings (SSSR count). The third-order valence-electron chi connectivity index (χ3n) is 6.86. The van der Waals surface area contributed by atoms with Crippen LogP contribution in [0.2, 0.25) is 5.02 Å². The number of anilines is 1. The lowest BCUT2D eigenvalue weighted by molar-refractivity contribution is -0.153. The molecule has 1 aromatic carbocycles. The zero-order valence-electron chi connectivity index (χ0n) is 18.9. The fourth-order valence-electron chi connectivity index (χ4n) is 5.65. The minimum atomic E-state index is -0.803. The third kappa shape index (κ3) is 3.98. The van der Waals surface area contributed by atoms with Crippen molar-refractivity contribution >= 4 is 62.8 Å². The predicted octanol–water partition coefficient (Wildman–Crippen LogP) is 3.27. The third-order valence-corrected chi connectivity index (χ3v) is 10.4. The Bertz CT molecular complexity index is 996. The number of hydrogen-bond acceptors (Lipinski definition) is 6. The summed E-state index contributed by atoms with van der Waals surface area (Å²) < 4.78 is 4.58. The number of esters is 1. The van der Waals surface area contributed by atoms with E-state index in [1.807, 2.05) is 0 Å². The van der Waals surface area contributed by atoms with Crippen molar-refractivity contribution in [3.05, 3.63) is 41.9 Å². The molecule has 0 saturated carbocycles. The molecule has 3 aliphatic heterocycles. The summed E-state index contributed by atoms with van der Waals surface area (Å²) in [5.74, 6) is -2.16. The number of nitrogens with zero attached hydrogens (tertiary/aromatic N) is 2. The van der Waals surface area contributed by atoms with Crippen molar-refractivity contribution in [1.29, 1.82) is 0 Å². The van der Waals surface area contributed by atoms with Crippen molar-refractivity contribution in [2.24, 2.45) is 11.8 Å². The van der Waals surface area contributed by atoms with E-state index in [2.05, 4.69) is 22.5 Å². The van der Waals surface area contributed by atoms with Crippen LogP contribution in [0.4, 0.5) is 5.69 Å². The van der Waals surface area contributed by atoms with Gasteiger partial charge in [-0.3, -0.25) is 14.4 Å². The Hall–Kier alpha value is -1.55. The van der Waals surface area contributed by atoms with Crippen LogP contribution in [0.25, 0.3) is 0 Å². The van der Waals surface area contributed by atoms with E-state index in [9.17, 15) is 19.5 Å². The summed E-state index contributed by atoms with van der Waals surface area (Å²) in [4.78, 5) is 44.1. The van der Waals surface area contributed by atoms with Crippen molar-refractivity contribution in [2.45, 2.75) is 40.6 Å². The van der Waals surface area contributed by atoms with Gasteiger partial charge in [0.05, 0.1) is 33.9 Å². The Morgan fingerprint density at radius 3 is 2.82 bits per heavy atom. The molecule has 2 bridgehead atoms. The molecule has 0 radical (unpaired) electrons. The standard InChI is InChI=1S/C24H28BrClN2O5S/c1-3-10-27(16-9-6-5-8-15(16)26)22(31)20-24-13-14(25)19(34-24)17(23(32)33-4-2)18(24)21(30)28(20)11-7-12-29/h3,5-6,8-9,14,17-20,29H,1,4,7,10-13H2,2H3/t14?,17-,18-,19-,20?,24?/m0/s1. The Kier molecular flexibility index (Phi) is 7.67. The summed E-state index contributed by atoms with van der Waals surface area (Å²) in [6, 6.07) is 6.27. The molecule has 6 atom stereocenters. The quantitative estimate of drug-likeness (QED) is 0.278. The fraction of sp³-hybridized carbons (Fsp3) is 0.542. The second-order valence-electron chi connectivity index (χ2n) is 8.71. The van der Waals surface area contributed by atoms with E-state index in [-0.39, 0.29) is 48.2 Å². The highest BCUT2D eigenvalue weighted by Crippen LogP contribution is 2.68. The topological polar surface area (TPSA) is 87.2 Å².